The van der Waals surface area contributed by atoms with Crippen LogP contribution in [0.1, 0.15) is 60.3 Å². The molecule has 1 N–H and O–H groups in total. The van der Waals surface area contributed by atoms with Gasteiger partial charge in [-0.2, -0.15) is 0 Å². The van der Waals surface area contributed by atoms with Crippen molar-refractivity contribution < 1.29 is 19.4 Å². The number of rotatable bonds is 6. The minimum absolute atomic E-state index is 0.0720. The fourth-order valence-corrected chi connectivity index (χ4v) is 3.22. The number of aliphatic hydroxyl groups is 1. The van der Waals surface area contributed by atoms with E-state index in [4.69, 9.17) is 4.74 Å². The van der Waals surface area contributed by atoms with Gasteiger partial charge in [-0.3, -0.25) is 4.79 Å². The van der Waals surface area contributed by atoms with Crippen LogP contribution in [0.4, 0.5) is 0 Å². The summed E-state index contributed by atoms with van der Waals surface area (Å²) in [6.07, 6.45) is 3.99. The zero-order valence-electron chi connectivity index (χ0n) is 15.7. The lowest BCUT2D eigenvalue weighted by atomic mass is 9.85. The van der Waals surface area contributed by atoms with Crippen molar-refractivity contribution in [3.63, 3.8) is 0 Å². The van der Waals surface area contributed by atoms with Crippen molar-refractivity contribution in [1.29, 1.82) is 0 Å². The lowest BCUT2D eigenvalue weighted by Gasteiger charge is -2.37. The SMILES string of the molecule is C=CCN(C(=O)C1CCCC(O)C1)[C@H](C(=O)OC(C)(C)C)C(C)C. The molecule has 0 aliphatic heterocycles. The quantitative estimate of drug-likeness (QED) is 0.597. The molecule has 0 aromatic carbocycles. The molecule has 1 saturated carbocycles. The molecule has 5 heteroatoms. The van der Waals surface area contributed by atoms with Gasteiger partial charge in [-0.05, 0) is 46.0 Å². The second kappa shape index (κ2) is 8.65. The Balaban J connectivity index is 3.01. The molecule has 0 aromatic rings. The summed E-state index contributed by atoms with van der Waals surface area (Å²) in [5.74, 6) is -0.781. The van der Waals surface area contributed by atoms with Crippen LogP contribution in [-0.2, 0) is 14.3 Å². The second-order valence-electron chi connectivity index (χ2n) is 8.02. The van der Waals surface area contributed by atoms with Crippen LogP contribution in [0, 0.1) is 11.8 Å². The van der Waals surface area contributed by atoms with Crippen LogP contribution in [-0.4, -0.2) is 46.2 Å². The fraction of sp³-hybridized carbons (Fsp3) is 0.789. The molecule has 1 aliphatic rings. The van der Waals surface area contributed by atoms with Gasteiger partial charge in [-0.1, -0.05) is 26.3 Å². The van der Waals surface area contributed by atoms with E-state index < -0.39 is 17.7 Å². The number of nitrogens with zero attached hydrogens (tertiary/aromatic N) is 1. The van der Waals surface area contributed by atoms with Gasteiger partial charge in [0.15, 0.2) is 0 Å². The van der Waals surface area contributed by atoms with Crippen molar-refractivity contribution in [3.05, 3.63) is 12.7 Å². The van der Waals surface area contributed by atoms with E-state index in [1.54, 1.807) is 11.0 Å². The lowest BCUT2D eigenvalue weighted by Crippen LogP contribution is -2.52. The van der Waals surface area contributed by atoms with Crippen molar-refractivity contribution in [2.24, 2.45) is 11.8 Å². The summed E-state index contributed by atoms with van der Waals surface area (Å²) < 4.78 is 5.53. The van der Waals surface area contributed by atoms with Crippen molar-refractivity contribution in [2.75, 3.05) is 6.54 Å². The van der Waals surface area contributed by atoms with Gasteiger partial charge < -0.3 is 14.7 Å². The smallest absolute Gasteiger partial charge is 0.329 e. The first-order valence-electron chi connectivity index (χ1n) is 8.89. The number of aliphatic hydroxyl groups excluding tert-OH is 1. The molecular formula is C19H33NO4. The topological polar surface area (TPSA) is 66.8 Å². The molecule has 138 valence electrons. The zero-order chi connectivity index (χ0) is 18.5. The van der Waals surface area contributed by atoms with Gasteiger partial charge in [0.2, 0.25) is 5.91 Å². The standard InChI is InChI=1S/C19H33NO4/c1-7-11-20(17(22)14-9-8-10-15(21)12-14)16(13(2)3)18(23)24-19(4,5)6/h7,13-16,21H,1,8-12H2,2-6H3/t14?,15?,16-/m0/s1. The number of carbonyl (C=O) groups excluding carboxylic acids is 2. The van der Waals surface area contributed by atoms with Gasteiger partial charge in [-0.25, -0.2) is 4.79 Å². The van der Waals surface area contributed by atoms with Gasteiger partial charge in [0, 0.05) is 12.5 Å². The van der Waals surface area contributed by atoms with Gasteiger partial charge in [-0.15, -0.1) is 6.58 Å². The first-order valence-corrected chi connectivity index (χ1v) is 8.89. The summed E-state index contributed by atoms with van der Waals surface area (Å²) in [4.78, 5) is 27.3. The van der Waals surface area contributed by atoms with E-state index in [-0.39, 0.29) is 23.7 Å². The van der Waals surface area contributed by atoms with Crippen molar-refractivity contribution >= 4 is 11.9 Å². The van der Waals surface area contributed by atoms with Crippen LogP contribution < -0.4 is 0 Å². The predicted molar refractivity (Wildman–Crippen MR) is 94.3 cm³/mol. The summed E-state index contributed by atoms with van der Waals surface area (Å²) in [5.41, 5.74) is -0.603. The van der Waals surface area contributed by atoms with E-state index in [9.17, 15) is 14.7 Å². The first-order chi connectivity index (χ1) is 11.1. The Labute approximate surface area is 146 Å². The molecule has 0 aromatic heterocycles. The summed E-state index contributed by atoms with van der Waals surface area (Å²) in [5, 5.41) is 9.87. The average molecular weight is 339 g/mol. The molecule has 1 aliphatic carbocycles. The molecule has 0 saturated heterocycles. The molecule has 1 rings (SSSR count). The maximum atomic E-state index is 13.0. The maximum absolute atomic E-state index is 13.0. The van der Waals surface area contributed by atoms with Crippen LogP contribution >= 0.6 is 0 Å². The molecule has 0 spiro atoms. The number of hydrogen-bond donors (Lipinski definition) is 1. The number of amides is 1. The number of hydrogen-bond acceptors (Lipinski definition) is 4. The average Bonchev–Trinajstić information content (AvgIpc) is 2.43. The van der Waals surface area contributed by atoms with Gasteiger partial charge in [0.05, 0.1) is 6.10 Å². The van der Waals surface area contributed by atoms with Gasteiger partial charge >= 0.3 is 5.97 Å². The van der Waals surface area contributed by atoms with E-state index >= 15 is 0 Å². The number of carbonyl (C=O) groups is 2. The maximum Gasteiger partial charge on any atom is 0.329 e. The van der Waals surface area contributed by atoms with Crippen molar-refractivity contribution in [1.82, 2.24) is 4.90 Å². The van der Waals surface area contributed by atoms with Gasteiger partial charge in [0.1, 0.15) is 11.6 Å². The summed E-state index contributed by atoms with van der Waals surface area (Å²) >= 11 is 0. The van der Waals surface area contributed by atoms with Crippen LogP contribution in [0.15, 0.2) is 12.7 Å². The number of ether oxygens (including phenoxy) is 1. The van der Waals surface area contributed by atoms with Crippen LogP contribution in [0.2, 0.25) is 0 Å². The molecule has 2 unspecified atom stereocenters. The highest BCUT2D eigenvalue weighted by molar-refractivity contribution is 5.86. The lowest BCUT2D eigenvalue weighted by molar-refractivity contribution is -0.167. The molecule has 5 nitrogen and oxygen atoms in total. The highest BCUT2D eigenvalue weighted by Crippen LogP contribution is 2.28. The fourth-order valence-electron chi connectivity index (χ4n) is 3.22. The van der Waals surface area contributed by atoms with Crippen LogP contribution in [0.5, 0.6) is 0 Å². The Morgan fingerprint density at radius 3 is 2.42 bits per heavy atom. The van der Waals surface area contributed by atoms with E-state index in [2.05, 4.69) is 6.58 Å². The Morgan fingerprint density at radius 1 is 1.33 bits per heavy atom. The van der Waals surface area contributed by atoms with E-state index in [1.807, 2.05) is 34.6 Å². The van der Waals surface area contributed by atoms with E-state index in [0.717, 1.165) is 19.3 Å². The minimum Gasteiger partial charge on any atom is -0.458 e. The molecule has 24 heavy (non-hydrogen) atoms. The third-order valence-corrected chi connectivity index (χ3v) is 4.22. The zero-order valence-corrected chi connectivity index (χ0v) is 15.7. The van der Waals surface area contributed by atoms with E-state index in [0.29, 0.717) is 13.0 Å². The molecule has 1 fully saturated rings. The third kappa shape index (κ3) is 5.93. The molecule has 0 radical (unpaired) electrons. The van der Waals surface area contributed by atoms with Crippen molar-refractivity contribution in [2.45, 2.75) is 78.0 Å². The van der Waals surface area contributed by atoms with E-state index in [1.165, 1.54) is 0 Å². The molecule has 0 bridgehead atoms. The van der Waals surface area contributed by atoms with Crippen LogP contribution in [0.3, 0.4) is 0 Å². The predicted octanol–water partition coefficient (Wildman–Crippen LogP) is 2.92. The Morgan fingerprint density at radius 2 is 1.96 bits per heavy atom. The Hall–Kier alpha value is -1.36. The normalized spacial score (nSPS) is 22.8. The Bertz CT molecular complexity index is 453. The summed E-state index contributed by atoms with van der Waals surface area (Å²) in [6, 6.07) is -0.645. The number of esters is 1. The van der Waals surface area contributed by atoms with Gasteiger partial charge in [0.25, 0.3) is 0 Å². The molecule has 1 amide bonds. The third-order valence-electron chi connectivity index (χ3n) is 4.22. The summed E-state index contributed by atoms with van der Waals surface area (Å²) in [6.45, 7) is 13.3. The molecule has 3 atom stereocenters. The molecular weight excluding hydrogens is 306 g/mol. The molecule has 0 heterocycles. The highest BCUT2D eigenvalue weighted by atomic mass is 16.6. The summed E-state index contributed by atoms with van der Waals surface area (Å²) in [7, 11) is 0. The Kier molecular flexibility index (Phi) is 7.46. The monoisotopic (exact) mass is 339 g/mol. The minimum atomic E-state index is -0.645. The first kappa shape index (κ1) is 20.7. The largest absolute Gasteiger partial charge is 0.458 e. The second-order valence-corrected chi connectivity index (χ2v) is 8.02. The highest BCUT2D eigenvalue weighted by Gasteiger charge is 2.38. The van der Waals surface area contributed by atoms with Crippen molar-refractivity contribution in [3.8, 4) is 0 Å². The van der Waals surface area contributed by atoms with Crippen LogP contribution in [0.25, 0.3) is 0 Å².